The van der Waals surface area contributed by atoms with Crippen molar-refractivity contribution < 1.29 is 4.79 Å². The summed E-state index contributed by atoms with van der Waals surface area (Å²) >= 11 is 0. The Bertz CT molecular complexity index is 493. The lowest BCUT2D eigenvalue weighted by Crippen LogP contribution is -2.35. The Morgan fingerprint density at radius 2 is 2.05 bits per heavy atom. The maximum absolute atomic E-state index is 12.4. The number of aromatic nitrogens is 2. The molecule has 0 aliphatic heterocycles. The van der Waals surface area contributed by atoms with Crippen LogP contribution in [0, 0.1) is 6.92 Å². The minimum absolute atomic E-state index is 0.103. The standard InChI is InChI=1S/C16H24N4O/c1-3-10-17-16-18-12(2)11-14(20-16)15(21)19-13-8-6-4-5-7-9-13/h3,11,13H,1,4-10H2,2H3,(H,19,21)(H,17,18,20). The number of nitrogens with one attached hydrogen (secondary N) is 2. The van der Waals surface area contributed by atoms with Gasteiger partial charge < -0.3 is 10.6 Å². The molecule has 0 saturated heterocycles. The third kappa shape index (κ3) is 4.85. The van der Waals surface area contributed by atoms with Gasteiger partial charge >= 0.3 is 0 Å². The van der Waals surface area contributed by atoms with Gasteiger partial charge in [0.05, 0.1) is 0 Å². The molecule has 0 atom stereocenters. The molecular weight excluding hydrogens is 264 g/mol. The minimum Gasteiger partial charge on any atom is -0.351 e. The molecule has 0 unspecified atom stereocenters. The average molecular weight is 288 g/mol. The molecule has 1 aliphatic rings. The Hall–Kier alpha value is -1.91. The van der Waals surface area contributed by atoms with Crippen molar-refractivity contribution in [3.63, 3.8) is 0 Å². The van der Waals surface area contributed by atoms with Gasteiger partial charge in [-0.05, 0) is 25.8 Å². The number of anilines is 1. The minimum atomic E-state index is -0.103. The fourth-order valence-electron chi connectivity index (χ4n) is 2.61. The van der Waals surface area contributed by atoms with Gasteiger partial charge in [0.15, 0.2) is 0 Å². The molecule has 1 aliphatic carbocycles. The number of rotatable bonds is 5. The third-order valence-electron chi connectivity index (χ3n) is 3.68. The van der Waals surface area contributed by atoms with E-state index in [0.717, 1.165) is 18.5 Å². The van der Waals surface area contributed by atoms with Crippen LogP contribution in [0.5, 0.6) is 0 Å². The maximum atomic E-state index is 12.4. The number of aryl methyl sites for hydroxylation is 1. The topological polar surface area (TPSA) is 66.9 Å². The highest BCUT2D eigenvalue weighted by atomic mass is 16.1. The summed E-state index contributed by atoms with van der Waals surface area (Å²) in [6.45, 7) is 6.09. The summed E-state index contributed by atoms with van der Waals surface area (Å²) in [6.07, 6.45) is 8.80. The van der Waals surface area contributed by atoms with E-state index in [-0.39, 0.29) is 11.9 Å². The van der Waals surface area contributed by atoms with Crippen molar-refractivity contribution in [2.24, 2.45) is 0 Å². The Balaban J connectivity index is 2.03. The molecule has 5 nitrogen and oxygen atoms in total. The molecule has 1 amide bonds. The fourth-order valence-corrected chi connectivity index (χ4v) is 2.61. The smallest absolute Gasteiger partial charge is 0.270 e. The second-order valence-corrected chi connectivity index (χ2v) is 5.55. The van der Waals surface area contributed by atoms with Gasteiger partial charge in [-0.2, -0.15) is 0 Å². The molecule has 1 aromatic rings. The second-order valence-electron chi connectivity index (χ2n) is 5.55. The zero-order valence-corrected chi connectivity index (χ0v) is 12.7. The highest BCUT2D eigenvalue weighted by Gasteiger charge is 2.17. The van der Waals surface area contributed by atoms with Gasteiger partial charge in [-0.1, -0.05) is 31.8 Å². The van der Waals surface area contributed by atoms with Crippen LogP contribution in [-0.2, 0) is 0 Å². The first-order valence-corrected chi connectivity index (χ1v) is 7.70. The van der Waals surface area contributed by atoms with Gasteiger partial charge in [0.2, 0.25) is 5.95 Å². The van der Waals surface area contributed by atoms with Gasteiger partial charge in [0, 0.05) is 18.3 Å². The summed E-state index contributed by atoms with van der Waals surface area (Å²) in [4.78, 5) is 20.9. The number of carbonyl (C=O) groups is 1. The summed E-state index contributed by atoms with van der Waals surface area (Å²) in [5.74, 6) is 0.370. The average Bonchev–Trinajstić information content (AvgIpc) is 2.73. The number of nitrogens with zero attached hydrogens (tertiary/aromatic N) is 2. The molecule has 0 spiro atoms. The lowest BCUT2D eigenvalue weighted by Gasteiger charge is -2.16. The van der Waals surface area contributed by atoms with Gasteiger partial charge in [-0.3, -0.25) is 4.79 Å². The van der Waals surface area contributed by atoms with E-state index < -0.39 is 0 Å². The Labute approximate surface area is 126 Å². The van der Waals surface area contributed by atoms with Crippen molar-refractivity contribution in [1.82, 2.24) is 15.3 Å². The van der Waals surface area contributed by atoms with Gasteiger partial charge in [-0.25, -0.2) is 9.97 Å². The van der Waals surface area contributed by atoms with Crippen LogP contribution in [0.2, 0.25) is 0 Å². The summed E-state index contributed by atoms with van der Waals surface area (Å²) in [7, 11) is 0. The molecule has 1 heterocycles. The predicted octanol–water partition coefficient (Wildman–Crippen LogP) is 2.84. The fraction of sp³-hybridized carbons (Fsp3) is 0.562. The number of amides is 1. The van der Waals surface area contributed by atoms with Crippen LogP contribution in [0.1, 0.15) is 54.7 Å². The van der Waals surface area contributed by atoms with E-state index in [0.29, 0.717) is 18.2 Å². The molecular formula is C16H24N4O. The Kier molecular flexibility index (Phi) is 5.72. The van der Waals surface area contributed by atoms with Crippen LogP contribution in [0.4, 0.5) is 5.95 Å². The van der Waals surface area contributed by atoms with Crippen LogP contribution in [0.15, 0.2) is 18.7 Å². The zero-order chi connectivity index (χ0) is 15.1. The maximum Gasteiger partial charge on any atom is 0.270 e. The highest BCUT2D eigenvalue weighted by molar-refractivity contribution is 5.92. The van der Waals surface area contributed by atoms with Crippen molar-refractivity contribution in [3.8, 4) is 0 Å². The van der Waals surface area contributed by atoms with Gasteiger partial charge in [0.25, 0.3) is 5.91 Å². The Morgan fingerprint density at radius 3 is 2.71 bits per heavy atom. The van der Waals surface area contributed by atoms with Gasteiger partial charge in [-0.15, -0.1) is 6.58 Å². The molecule has 2 rings (SSSR count). The molecule has 2 N–H and O–H groups in total. The predicted molar refractivity (Wildman–Crippen MR) is 84.4 cm³/mol. The third-order valence-corrected chi connectivity index (χ3v) is 3.68. The lowest BCUT2D eigenvalue weighted by molar-refractivity contribution is 0.0928. The molecule has 0 bridgehead atoms. The van der Waals surface area contributed by atoms with E-state index in [1.165, 1.54) is 25.7 Å². The summed E-state index contributed by atoms with van der Waals surface area (Å²) in [5, 5.41) is 6.13. The van der Waals surface area contributed by atoms with Crippen LogP contribution in [0.3, 0.4) is 0 Å². The van der Waals surface area contributed by atoms with E-state index in [4.69, 9.17) is 0 Å². The van der Waals surface area contributed by atoms with Crippen molar-refractivity contribution in [2.45, 2.75) is 51.5 Å². The van der Waals surface area contributed by atoms with Crippen LogP contribution in [0.25, 0.3) is 0 Å². The summed E-state index contributed by atoms with van der Waals surface area (Å²) in [5.41, 5.74) is 1.21. The van der Waals surface area contributed by atoms with E-state index in [1.807, 2.05) is 6.92 Å². The van der Waals surface area contributed by atoms with Crippen molar-refractivity contribution in [3.05, 3.63) is 30.1 Å². The summed E-state index contributed by atoms with van der Waals surface area (Å²) < 4.78 is 0. The molecule has 1 aromatic heterocycles. The van der Waals surface area contributed by atoms with E-state index in [9.17, 15) is 4.79 Å². The molecule has 1 saturated carbocycles. The van der Waals surface area contributed by atoms with Crippen LogP contribution >= 0.6 is 0 Å². The van der Waals surface area contributed by atoms with E-state index >= 15 is 0 Å². The molecule has 21 heavy (non-hydrogen) atoms. The van der Waals surface area contributed by atoms with Crippen molar-refractivity contribution in [1.29, 1.82) is 0 Å². The normalized spacial score (nSPS) is 16.0. The first kappa shape index (κ1) is 15.5. The first-order chi connectivity index (χ1) is 10.2. The number of hydrogen-bond acceptors (Lipinski definition) is 4. The van der Waals surface area contributed by atoms with Crippen molar-refractivity contribution >= 4 is 11.9 Å². The quantitative estimate of drug-likeness (QED) is 0.646. The SMILES string of the molecule is C=CCNc1nc(C)cc(C(=O)NC2CCCCCC2)n1. The Morgan fingerprint density at radius 1 is 1.33 bits per heavy atom. The van der Waals surface area contributed by atoms with Crippen LogP contribution in [-0.4, -0.2) is 28.5 Å². The zero-order valence-electron chi connectivity index (χ0n) is 12.7. The lowest BCUT2D eigenvalue weighted by atomic mass is 10.1. The van der Waals surface area contributed by atoms with E-state index in [2.05, 4.69) is 27.2 Å². The van der Waals surface area contributed by atoms with E-state index in [1.54, 1.807) is 12.1 Å². The molecule has 0 radical (unpaired) electrons. The molecule has 5 heteroatoms. The monoisotopic (exact) mass is 288 g/mol. The van der Waals surface area contributed by atoms with Crippen LogP contribution < -0.4 is 10.6 Å². The molecule has 114 valence electrons. The first-order valence-electron chi connectivity index (χ1n) is 7.70. The van der Waals surface area contributed by atoms with Gasteiger partial charge in [0.1, 0.15) is 5.69 Å². The second kappa shape index (κ2) is 7.76. The molecule has 0 aromatic carbocycles. The summed E-state index contributed by atoms with van der Waals surface area (Å²) in [6, 6.07) is 2.00. The highest BCUT2D eigenvalue weighted by Crippen LogP contribution is 2.17. The largest absolute Gasteiger partial charge is 0.351 e. The number of carbonyl (C=O) groups excluding carboxylic acids is 1. The van der Waals surface area contributed by atoms with Crippen molar-refractivity contribution in [2.75, 3.05) is 11.9 Å². The molecule has 1 fully saturated rings. The number of hydrogen-bond donors (Lipinski definition) is 2.